The van der Waals surface area contributed by atoms with Gasteiger partial charge in [-0.15, -0.1) is 0 Å². The van der Waals surface area contributed by atoms with E-state index in [4.69, 9.17) is 9.84 Å². The molecule has 5 heteroatoms. The van der Waals surface area contributed by atoms with Crippen LogP contribution in [0.4, 0.5) is 0 Å². The maximum absolute atomic E-state index is 11.4. The number of hydrogen-bond acceptors (Lipinski definition) is 4. The van der Waals surface area contributed by atoms with E-state index in [0.717, 1.165) is 0 Å². The largest absolute Gasteiger partial charge is 0.478 e. The van der Waals surface area contributed by atoms with Gasteiger partial charge in [-0.1, -0.05) is 6.07 Å². The highest BCUT2D eigenvalue weighted by Gasteiger charge is 2.22. The monoisotopic (exact) mass is 252 g/mol. The normalized spacial score (nSPS) is 12.0. The van der Waals surface area contributed by atoms with Crippen molar-refractivity contribution >= 4 is 11.9 Å². The average Bonchev–Trinajstić information content (AvgIpc) is 2.28. The molecule has 0 aliphatic rings. The molecule has 2 N–H and O–H groups in total. The highest BCUT2D eigenvalue weighted by Crippen LogP contribution is 2.23. The molecule has 5 nitrogen and oxygen atoms in total. The smallest absolute Gasteiger partial charge is 0.339 e. The molecule has 18 heavy (non-hydrogen) atoms. The van der Waals surface area contributed by atoms with Gasteiger partial charge in [0.25, 0.3) is 0 Å². The molecule has 0 saturated carbocycles. The van der Waals surface area contributed by atoms with Gasteiger partial charge in [-0.25, -0.2) is 9.59 Å². The predicted molar refractivity (Wildman–Crippen MR) is 64.5 cm³/mol. The Morgan fingerprint density at radius 1 is 1.28 bits per heavy atom. The number of carbonyl (C=O) groups is 2. The van der Waals surface area contributed by atoms with Crippen molar-refractivity contribution in [2.24, 2.45) is 0 Å². The van der Waals surface area contributed by atoms with Crippen molar-refractivity contribution in [3.05, 3.63) is 34.4 Å². The van der Waals surface area contributed by atoms with Crippen LogP contribution in [-0.2, 0) is 9.53 Å². The van der Waals surface area contributed by atoms with Gasteiger partial charge in [-0.3, -0.25) is 0 Å². The molecule has 0 aliphatic heterocycles. The van der Waals surface area contributed by atoms with Crippen LogP contribution in [0, 0.1) is 13.8 Å². The zero-order chi connectivity index (χ0) is 13.9. The SMILES string of the molecule is CCOC(=O)C(O)c1cc(C(=O)O)c(C)cc1C. The minimum atomic E-state index is -1.45. The van der Waals surface area contributed by atoms with Crippen LogP contribution in [-0.4, -0.2) is 28.8 Å². The molecule has 1 atom stereocenters. The number of ether oxygens (including phenoxy) is 1. The summed E-state index contributed by atoms with van der Waals surface area (Å²) in [6.07, 6.45) is -1.45. The van der Waals surface area contributed by atoms with Gasteiger partial charge >= 0.3 is 11.9 Å². The first-order valence-corrected chi connectivity index (χ1v) is 5.57. The molecular weight excluding hydrogens is 236 g/mol. The lowest BCUT2D eigenvalue weighted by Gasteiger charge is -2.14. The van der Waals surface area contributed by atoms with E-state index in [1.165, 1.54) is 6.07 Å². The van der Waals surface area contributed by atoms with E-state index in [1.807, 2.05) is 0 Å². The number of aromatic carboxylic acids is 1. The van der Waals surface area contributed by atoms with Crippen LogP contribution in [0.3, 0.4) is 0 Å². The zero-order valence-electron chi connectivity index (χ0n) is 10.6. The Balaban J connectivity index is 3.20. The van der Waals surface area contributed by atoms with E-state index in [2.05, 4.69) is 0 Å². The third-order valence-electron chi connectivity index (χ3n) is 2.65. The Morgan fingerprint density at radius 2 is 1.89 bits per heavy atom. The van der Waals surface area contributed by atoms with Gasteiger partial charge in [0.15, 0.2) is 6.10 Å². The molecule has 0 heterocycles. The maximum atomic E-state index is 11.4. The molecule has 98 valence electrons. The van der Waals surface area contributed by atoms with Gasteiger partial charge in [0.1, 0.15) is 0 Å². The Morgan fingerprint density at radius 3 is 2.39 bits per heavy atom. The first kappa shape index (κ1) is 14.2. The maximum Gasteiger partial charge on any atom is 0.339 e. The van der Waals surface area contributed by atoms with Crippen LogP contribution in [0.1, 0.15) is 40.1 Å². The number of rotatable bonds is 4. The summed E-state index contributed by atoms with van der Waals surface area (Å²) in [5.74, 6) is -1.87. The minimum Gasteiger partial charge on any atom is -0.478 e. The molecule has 0 bridgehead atoms. The number of esters is 1. The Bertz CT molecular complexity index is 479. The van der Waals surface area contributed by atoms with Crippen molar-refractivity contribution in [1.29, 1.82) is 0 Å². The lowest BCUT2D eigenvalue weighted by molar-refractivity contribution is -0.153. The molecule has 0 amide bonds. The number of carboxylic acids is 1. The second-order valence-electron chi connectivity index (χ2n) is 3.98. The van der Waals surface area contributed by atoms with Crippen molar-refractivity contribution in [2.45, 2.75) is 26.9 Å². The summed E-state index contributed by atoms with van der Waals surface area (Å²) in [5.41, 5.74) is 1.56. The van der Waals surface area contributed by atoms with Crippen LogP contribution in [0.2, 0.25) is 0 Å². The van der Waals surface area contributed by atoms with Crippen LogP contribution in [0.15, 0.2) is 12.1 Å². The molecule has 0 aliphatic carbocycles. The quantitative estimate of drug-likeness (QED) is 0.795. The first-order valence-electron chi connectivity index (χ1n) is 5.57. The van der Waals surface area contributed by atoms with Crippen molar-refractivity contribution in [3.8, 4) is 0 Å². The van der Waals surface area contributed by atoms with E-state index < -0.39 is 18.0 Å². The molecule has 1 aromatic carbocycles. The van der Waals surface area contributed by atoms with E-state index in [-0.39, 0.29) is 17.7 Å². The summed E-state index contributed by atoms with van der Waals surface area (Å²) >= 11 is 0. The van der Waals surface area contributed by atoms with Crippen molar-refractivity contribution in [2.75, 3.05) is 6.61 Å². The van der Waals surface area contributed by atoms with E-state index in [1.54, 1.807) is 26.8 Å². The highest BCUT2D eigenvalue weighted by molar-refractivity contribution is 5.90. The van der Waals surface area contributed by atoms with Gasteiger partial charge in [0.05, 0.1) is 12.2 Å². The fourth-order valence-corrected chi connectivity index (χ4v) is 1.74. The fraction of sp³-hybridized carbons (Fsp3) is 0.385. The minimum absolute atomic E-state index is 0.0685. The van der Waals surface area contributed by atoms with Crippen molar-refractivity contribution in [3.63, 3.8) is 0 Å². The first-order chi connectivity index (χ1) is 8.38. The number of carboxylic acid groups (broad SMARTS) is 1. The Labute approximate surface area is 105 Å². The van der Waals surface area contributed by atoms with Gasteiger partial charge in [-0.2, -0.15) is 0 Å². The van der Waals surface area contributed by atoms with Crippen LogP contribution < -0.4 is 0 Å². The Kier molecular flexibility index (Phi) is 4.44. The molecule has 0 saturated heterocycles. The number of aliphatic hydroxyl groups is 1. The third kappa shape index (κ3) is 2.87. The molecular formula is C13H16O5. The fourth-order valence-electron chi connectivity index (χ4n) is 1.74. The van der Waals surface area contributed by atoms with Crippen LogP contribution >= 0.6 is 0 Å². The standard InChI is InChI=1S/C13H16O5/c1-4-18-13(17)11(14)9-6-10(12(15)16)8(3)5-7(9)2/h5-6,11,14H,4H2,1-3H3,(H,15,16). The number of aryl methyl sites for hydroxylation is 2. The summed E-state index contributed by atoms with van der Waals surface area (Å²) in [7, 11) is 0. The van der Waals surface area contributed by atoms with Crippen LogP contribution in [0.5, 0.6) is 0 Å². The van der Waals surface area contributed by atoms with E-state index in [0.29, 0.717) is 11.1 Å². The summed E-state index contributed by atoms with van der Waals surface area (Å²) in [6, 6.07) is 2.94. The average molecular weight is 252 g/mol. The Hall–Kier alpha value is -1.88. The molecule has 1 unspecified atom stereocenters. The highest BCUT2D eigenvalue weighted by atomic mass is 16.5. The topological polar surface area (TPSA) is 83.8 Å². The second kappa shape index (κ2) is 5.64. The van der Waals surface area contributed by atoms with Crippen LogP contribution in [0.25, 0.3) is 0 Å². The predicted octanol–water partition coefficient (Wildman–Crippen LogP) is 1.60. The molecule has 1 aromatic rings. The number of aliphatic hydroxyl groups excluding tert-OH is 1. The lowest BCUT2D eigenvalue weighted by Crippen LogP contribution is -2.17. The number of benzene rings is 1. The number of hydrogen-bond donors (Lipinski definition) is 2. The molecule has 0 spiro atoms. The van der Waals surface area contributed by atoms with Gasteiger partial charge < -0.3 is 14.9 Å². The van der Waals surface area contributed by atoms with E-state index in [9.17, 15) is 14.7 Å². The summed E-state index contributed by atoms with van der Waals surface area (Å²) < 4.78 is 4.71. The summed E-state index contributed by atoms with van der Waals surface area (Å²) in [4.78, 5) is 22.4. The molecule has 1 rings (SSSR count). The van der Waals surface area contributed by atoms with Crippen molar-refractivity contribution < 1.29 is 24.5 Å². The lowest BCUT2D eigenvalue weighted by atomic mass is 9.96. The number of carbonyl (C=O) groups excluding carboxylic acids is 1. The summed E-state index contributed by atoms with van der Waals surface area (Å²) in [6.45, 7) is 5.16. The zero-order valence-corrected chi connectivity index (χ0v) is 10.6. The van der Waals surface area contributed by atoms with Gasteiger partial charge in [0, 0.05) is 0 Å². The van der Waals surface area contributed by atoms with Gasteiger partial charge in [-0.05, 0) is 43.5 Å². The molecule has 0 radical (unpaired) electrons. The second-order valence-corrected chi connectivity index (χ2v) is 3.98. The molecule has 0 aromatic heterocycles. The van der Waals surface area contributed by atoms with Gasteiger partial charge in [0.2, 0.25) is 0 Å². The van der Waals surface area contributed by atoms with E-state index >= 15 is 0 Å². The molecule has 0 fully saturated rings. The third-order valence-corrected chi connectivity index (χ3v) is 2.65. The summed E-state index contributed by atoms with van der Waals surface area (Å²) in [5, 5.41) is 18.8. The van der Waals surface area contributed by atoms with Crippen molar-refractivity contribution in [1.82, 2.24) is 0 Å².